The Kier molecular flexibility index (Phi) is 3.99. The molecule has 0 bridgehead atoms. The summed E-state index contributed by atoms with van der Waals surface area (Å²) >= 11 is 0. The summed E-state index contributed by atoms with van der Waals surface area (Å²) in [5, 5.41) is 0. The molecule has 1 aromatic carbocycles. The molecule has 4 rings (SSSR count). The molecule has 1 amide bonds. The Morgan fingerprint density at radius 3 is 3.00 bits per heavy atom. The third kappa shape index (κ3) is 3.25. The van der Waals surface area contributed by atoms with E-state index >= 15 is 0 Å². The fraction of sp³-hybridized carbons (Fsp3) is 0.562. The van der Waals surface area contributed by atoms with Crippen LogP contribution in [0.3, 0.4) is 0 Å². The number of anilines is 2. The fourth-order valence-electron chi connectivity index (χ4n) is 3.55. The number of hydrogen-bond acceptors (Lipinski definition) is 7. The van der Waals surface area contributed by atoms with Crippen molar-refractivity contribution in [3.8, 4) is 5.75 Å². The first-order chi connectivity index (χ1) is 11.9. The molecule has 8 nitrogen and oxygen atoms in total. The monoisotopic (exact) mass is 368 g/mol. The number of carbonyl (C=O) groups is 1. The summed E-state index contributed by atoms with van der Waals surface area (Å²) in [4.78, 5) is 15.9. The van der Waals surface area contributed by atoms with Gasteiger partial charge in [-0.15, -0.1) is 0 Å². The maximum absolute atomic E-state index is 12.1. The third-order valence-electron chi connectivity index (χ3n) is 4.71. The second-order valence-electron chi connectivity index (χ2n) is 6.56. The molecular formula is C16H20N2O6S. The van der Waals surface area contributed by atoms with E-state index in [4.69, 9.17) is 13.7 Å². The van der Waals surface area contributed by atoms with Crippen molar-refractivity contribution in [2.75, 3.05) is 42.4 Å². The van der Waals surface area contributed by atoms with Crippen molar-refractivity contribution in [3.05, 3.63) is 18.2 Å². The standard InChI is InChI=1S/C16H20N2O6S/c1-25(20,21)23-10-13-8-18(16(19)24-13)11-4-5-14-15(7-11)22-9-12-3-2-6-17(12)14/h4-5,7,12-13H,2-3,6,8-10H2,1H3/t12-,13+/m0/s1. The van der Waals surface area contributed by atoms with E-state index in [1.165, 1.54) is 4.90 Å². The number of nitrogens with zero attached hydrogens (tertiary/aromatic N) is 2. The number of cyclic esters (lactones) is 1. The normalized spacial score (nSPS) is 25.4. The number of amides is 1. The highest BCUT2D eigenvalue weighted by Gasteiger charge is 2.35. The Hall–Kier alpha value is -2.00. The van der Waals surface area contributed by atoms with Crippen LogP contribution in [0.2, 0.25) is 0 Å². The molecule has 2 fully saturated rings. The average Bonchev–Trinajstić information content (AvgIpc) is 3.18. The van der Waals surface area contributed by atoms with Gasteiger partial charge in [0, 0.05) is 12.6 Å². The van der Waals surface area contributed by atoms with E-state index < -0.39 is 22.3 Å². The minimum Gasteiger partial charge on any atom is -0.489 e. The van der Waals surface area contributed by atoms with Gasteiger partial charge in [-0.3, -0.25) is 9.08 Å². The molecule has 2 saturated heterocycles. The van der Waals surface area contributed by atoms with E-state index in [1.54, 1.807) is 0 Å². The van der Waals surface area contributed by atoms with Gasteiger partial charge in [-0.2, -0.15) is 8.42 Å². The molecule has 0 spiro atoms. The van der Waals surface area contributed by atoms with Crippen LogP contribution in [0.15, 0.2) is 18.2 Å². The van der Waals surface area contributed by atoms with E-state index in [2.05, 4.69) is 4.90 Å². The van der Waals surface area contributed by atoms with Gasteiger partial charge in [0.25, 0.3) is 10.1 Å². The number of carbonyl (C=O) groups excluding carboxylic acids is 1. The number of hydrogen-bond donors (Lipinski definition) is 0. The maximum atomic E-state index is 12.1. The lowest BCUT2D eigenvalue weighted by atomic mass is 10.1. The Balaban J connectivity index is 1.50. The highest BCUT2D eigenvalue weighted by molar-refractivity contribution is 7.85. The second kappa shape index (κ2) is 6.06. The highest BCUT2D eigenvalue weighted by Crippen LogP contribution is 2.40. The SMILES string of the molecule is CS(=O)(=O)OC[C@H]1CN(c2ccc3c(c2)OC[C@@H]2CCCN32)C(=O)O1. The van der Waals surface area contributed by atoms with Crippen molar-refractivity contribution in [3.63, 3.8) is 0 Å². The Morgan fingerprint density at radius 1 is 1.36 bits per heavy atom. The lowest BCUT2D eigenvalue weighted by molar-refractivity contribution is 0.107. The van der Waals surface area contributed by atoms with Gasteiger partial charge < -0.3 is 14.4 Å². The second-order valence-corrected chi connectivity index (χ2v) is 8.20. The summed E-state index contributed by atoms with van der Waals surface area (Å²) < 4.78 is 37.9. The molecule has 3 aliphatic heterocycles. The average molecular weight is 368 g/mol. The van der Waals surface area contributed by atoms with Gasteiger partial charge in [0.2, 0.25) is 0 Å². The third-order valence-corrected chi connectivity index (χ3v) is 5.28. The van der Waals surface area contributed by atoms with E-state index in [-0.39, 0.29) is 13.2 Å². The molecule has 1 aromatic rings. The predicted molar refractivity (Wildman–Crippen MR) is 90.7 cm³/mol. The molecule has 0 N–H and O–H groups in total. The minimum atomic E-state index is -3.57. The van der Waals surface area contributed by atoms with Crippen LogP contribution in [0.1, 0.15) is 12.8 Å². The molecule has 136 valence electrons. The molecule has 0 saturated carbocycles. The summed E-state index contributed by atoms with van der Waals surface area (Å²) in [6.07, 6.45) is 2.13. The van der Waals surface area contributed by atoms with Crippen molar-refractivity contribution in [1.29, 1.82) is 0 Å². The van der Waals surface area contributed by atoms with Crippen LogP contribution in [0, 0.1) is 0 Å². The predicted octanol–water partition coefficient (Wildman–Crippen LogP) is 1.35. The van der Waals surface area contributed by atoms with Crippen LogP contribution in [-0.4, -0.2) is 59.2 Å². The highest BCUT2D eigenvalue weighted by atomic mass is 32.2. The molecule has 3 heterocycles. The van der Waals surface area contributed by atoms with Crippen molar-refractivity contribution in [1.82, 2.24) is 0 Å². The van der Waals surface area contributed by atoms with Gasteiger partial charge in [0.1, 0.15) is 25.1 Å². The maximum Gasteiger partial charge on any atom is 0.414 e. The molecule has 3 aliphatic rings. The Labute approximate surface area is 146 Å². The molecule has 0 aromatic heterocycles. The first-order valence-corrected chi connectivity index (χ1v) is 10.1. The zero-order chi connectivity index (χ0) is 17.6. The number of benzene rings is 1. The zero-order valence-corrected chi connectivity index (χ0v) is 14.7. The van der Waals surface area contributed by atoms with Crippen molar-refractivity contribution in [2.45, 2.75) is 25.0 Å². The molecule has 0 unspecified atom stereocenters. The van der Waals surface area contributed by atoms with Crippen LogP contribution >= 0.6 is 0 Å². The van der Waals surface area contributed by atoms with Crippen LogP contribution in [-0.2, 0) is 19.0 Å². The number of ether oxygens (including phenoxy) is 2. The summed E-state index contributed by atoms with van der Waals surface area (Å²) in [5.74, 6) is 0.763. The minimum absolute atomic E-state index is 0.183. The first kappa shape index (κ1) is 16.5. The van der Waals surface area contributed by atoms with E-state index in [9.17, 15) is 13.2 Å². The molecular weight excluding hydrogens is 348 g/mol. The molecule has 9 heteroatoms. The Bertz CT molecular complexity index is 796. The summed E-state index contributed by atoms with van der Waals surface area (Å²) in [5.41, 5.74) is 1.73. The lowest BCUT2D eigenvalue weighted by Crippen LogP contribution is -2.38. The van der Waals surface area contributed by atoms with Crippen LogP contribution in [0.25, 0.3) is 0 Å². The van der Waals surface area contributed by atoms with Gasteiger partial charge in [0.15, 0.2) is 0 Å². The largest absolute Gasteiger partial charge is 0.489 e. The lowest BCUT2D eigenvalue weighted by Gasteiger charge is -2.34. The van der Waals surface area contributed by atoms with Gasteiger partial charge in [-0.25, -0.2) is 4.79 Å². The topological polar surface area (TPSA) is 85.4 Å². The molecule has 0 radical (unpaired) electrons. The van der Waals surface area contributed by atoms with Gasteiger partial charge >= 0.3 is 6.09 Å². The quantitative estimate of drug-likeness (QED) is 0.742. The van der Waals surface area contributed by atoms with E-state index in [1.807, 2.05) is 18.2 Å². The molecule has 0 aliphatic carbocycles. The van der Waals surface area contributed by atoms with Crippen molar-refractivity contribution in [2.24, 2.45) is 0 Å². The van der Waals surface area contributed by atoms with E-state index in [0.717, 1.165) is 37.1 Å². The Morgan fingerprint density at radius 2 is 2.20 bits per heavy atom. The first-order valence-electron chi connectivity index (χ1n) is 8.27. The van der Waals surface area contributed by atoms with Crippen LogP contribution in [0.4, 0.5) is 16.2 Å². The summed E-state index contributed by atoms with van der Waals surface area (Å²) in [7, 11) is -3.57. The van der Waals surface area contributed by atoms with Gasteiger partial charge in [-0.1, -0.05) is 0 Å². The number of fused-ring (bicyclic) bond motifs is 3. The van der Waals surface area contributed by atoms with E-state index in [0.29, 0.717) is 18.3 Å². The molecule has 25 heavy (non-hydrogen) atoms. The smallest absolute Gasteiger partial charge is 0.414 e. The van der Waals surface area contributed by atoms with Gasteiger partial charge in [0.05, 0.1) is 30.2 Å². The van der Waals surface area contributed by atoms with Gasteiger partial charge in [-0.05, 0) is 25.0 Å². The summed E-state index contributed by atoms with van der Waals surface area (Å²) in [6, 6.07) is 6.11. The molecule has 2 atom stereocenters. The van der Waals surface area contributed by atoms with Crippen molar-refractivity contribution >= 4 is 27.6 Å². The van der Waals surface area contributed by atoms with Crippen molar-refractivity contribution < 1.29 is 26.9 Å². The fourth-order valence-corrected chi connectivity index (χ4v) is 3.95. The van der Waals surface area contributed by atoms with Crippen LogP contribution < -0.4 is 14.5 Å². The van der Waals surface area contributed by atoms with Crippen LogP contribution in [0.5, 0.6) is 5.75 Å². The zero-order valence-electron chi connectivity index (χ0n) is 13.9. The number of rotatable bonds is 4. The summed E-state index contributed by atoms with van der Waals surface area (Å²) in [6.45, 7) is 1.74.